The number of ether oxygens (including phenoxy) is 3. The summed E-state index contributed by atoms with van der Waals surface area (Å²) in [7, 11) is 0. The van der Waals surface area contributed by atoms with Gasteiger partial charge >= 0.3 is 11.9 Å². The highest BCUT2D eigenvalue weighted by Gasteiger charge is 2.17. The van der Waals surface area contributed by atoms with Crippen molar-refractivity contribution in [3.05, 3.63) is 60.8 Å². The highest BCUT2D eigenvalue weighted by atomic mass is 16.6. The Balaban J connectivity index is 4.27. The third kappa shape index (κ3) is 54.2. The predicted octanol–water partition coefficient (Wildman–Crippen LogP) is 19.7. The summed E-state index contributed by atoms with van der Waals surface area (Å²) < 4.78 is 17.5. The molecule has 0 fully saturated rings. The quantitative estimate of drug-likeness (QED) is 0.0346. The first-order valence-electron chi connectivity index (χ1n) is 28.8. The van der Waals surface area contributed by atoms with Crippen molar-refractivity contribution < 1.29 is 23.8 Å². The molecular weight excluding hydrogens is 813 g/mol. The van der Waals surface area contributed by atoms with E-state index in [0.717, 1.165) is 64.2 Å². The fourth-order valence-corrected chi connectivity index (χ4v) is 8.15. The molecule has 66 heavy (non-hydrogen) atoms. The minimum Gasteiger partial charge on any atom is -0.462 e. The molecule has 0 aliphatic rings. The van der Waals surface area contributed by atoms with Crippen LogP contribution in [0.2, 0.25) is 0 Å². The van der Waals surface area contributed by atoms with Gasteiger partial charge in [0, 0.05) is 19.4 Å². The fourth-order valence-electron chi connectivity index (χ4n) is 8.15. The van der Waals surface area contributed by atoms with Crippen LogP contribution in [0.4, 0.5) is 0 Å². The Kier molecular flexibility index (Phi) is 54.9. The van der Waals surface area contributed by atoms with Crippen LogP contribution in [0, 0.1) is 0 Å². The summed E-state index contributed by atoms with van der Waals surface area (Å²) in [6.07, 6.45) is 72.4. The van der Waals surface area contributed by atoms with Gasteiger partial charge in [-0.25, -0.2) is 0 Å². The van der Waals surface area contributed by atoms with Gasteiger partial charge < -0.3 is 14.2 Å². The second-order valence-corrected chi connectivity index (χ2v) is 19.2. The molecule has 0 saturated carbocycles. The van der Waals surface area contributed by atoms with Crippen molar-refractivity contribution in [3.8, 4) is 0 Å². The Bertz CT molecular complexity index is 1130. The predicted molar refractivity (Wildman–Crippen MR) is 288 cm³/mol. The number of unbranched alkanes of at least 4 members (excludes halogenated alkanes) is 32. The van der Waals surface area contributed by atoms with Gasteiger partial charge in [0.15, 0.2) is 6.10 Å². The molecule has 1 unspecified atom stereocenters. The van der Waals surface area contributed by atoms with Crippen molar-refractivity contribution in [3.63, 3.8) is 0 Å². The molecule has 0 aromatic heterocycles. The van der Waals surface area contributed by atoms with E-state index in [4.69, 9.17) is 14.2 Å². The van der Waals surface area contributed by atoms with E-state index in [1.807, 2.05) is 0 Å². The molecule has 0 N–H and O–H groups in total. The van der Waals surface area contributed by atoms with E-state index in [1.54, 1.807) is 0 Å². The van der Waals surface area contributed by atoms with Gasteiger partial charge in [-0.3, -0.25) is 9.59 Å². The molecule has 0 rings (SSSR count). The van der Waals surface area contributed by atoms with Crippen LogP contribution in [0.5, 0.6) is 0 Å². The zero-order valence-corrected chi connectivity index (χ0v) is 44.2. The lowest BCUT2D eigenvalue weighted by Gasteiger charge is -2.18. The standard InChI is InChI=1S/C61H110O5/c1-4-7-10-13-16-19-22-25-27-29-30-31-33-35-38-41-44-47-50-53-56-64-57-59(66-61(63)55-52-49-46-43-40-36-24-21-18-15-12-9-6-3)58-65-60(62)54-51-48-45-42-39-37-34-32-28-26-23-20-17-14-11-8-5-2/h16,19,21,24-28,30-31,59H,4-15,17-18,20,22-23,29,32-58H2,1-3H3/b19-16-,24-21-,27-25-,28-26-,31-30-. The molecule has 0 aromatic carbocycles. The van der Waals surface area contributed by atoms with Crippen LogP contribution >= 0.6 is 0 Å². The molecule has 0 aromatic rings. The van der Waals surface area contributed by atoms with Crippen LogP contribution in [0.15, 0.2) is 60.8 Å². The second kappa shape index (κ2) is 56.9. The number of allylic oxidation sites excluding steroid dienone is 10. The summed E-state index contributed by atoms with van der Waals surface area (Å²) in [6, 6.07) is 0. The van der Waals surface area contributed by atoms with Crippen molar-refractivity contribution in [1.82, 2.24) is 0 Å². The Morgan fingerprint density at radius 1 is 0.333 bits per heavy atom. The van der Waals surface area contributed by atoms with Crippen LogP contribution in [0.25, 0.3) is 0 Å². The number of esters is 2. The van der Waals surface area contributed by atoms with Crippen molar-refractivity contribution in [1.29, 1.82) is 0 Å². The summed E-state index contributed by atoms with van der Waals surface area (Å²) in [5.41, 5.74) is 0. The van der Waals surface area contributed by atoms with Gasteiger partial charge in [-0.1, -0.05) is 229 Å². The van der Waals surface area contributed by atoms with E-state index in [2.05, 4.69) is 81.5 Å². The number of hydrogen-bond donors (Lipinski definition) is 0. The summed E-state index contributed by atoms with van der Waals surface area (Å²) in [4.78, 5) is 25.5. The maximum atomic E-state index is 12.8. The summed E-state index contributed by atoms with van der Waals surface area (Å²) in [5, 5.41) is 0. The molecule has 5 nitrogen and oxygen atoms in total. The number of hydrogen-bond acceptors (Lipinski definition) is 5. The molecular formula is C61H110O5. The van der Waals surface area contributed by atoms with Crippen LogP contribution in [0.3, 0.4) is 0 Å². The highest BCUT2D eigenvalue weighted by molar-refractivity contribution is 5.70. The van der Waals surface area contributed by atoms with Crippen LogP contribution in [-0.4, -0.2) is 37.9 Å². The van der Waals surface area contributed by atoms with E-state index in [9.17, 15) is 9.59 Å². The van der Waals surface area contributed by atoms with Crippen molar-refractivity contribution in [2.24, 2.45) is 0 Å². The molecule has 0 aliphatic carbocycles. The largest absolute Gasteiger partial charge is 0.462 e. The Hall–Kier alpha value is -2.40. The van der Waals surface area contributed by atoms with Gasteiger partial charge in [0.25, 0.3) is 0 Å². The van der Waals surface area contributed by atoms with Crippen molar-refractivity contribution in [2.45, 2.75) is 297 Å². The van der Waals surface area contributed by atoms with Gasteiger partial charge in [-0.05, 0) is 109 Å². The molecule has 0 amide bonds. The van der Waals surface area contributed by atoms with E-state index in [0.29, 0.717) is 19.4 Å². The number of carbonyl (C=O) groups is 2. The maximum absolute atomic E-state index is 12.8. The highest BCUT2D eigenvalue weighted by Crippen LogP contribution is 2.15. The van der Waals surface area contributed by atoms with Crippen LogP contribution in [-0.2, 0) is 23.8 Å². The topological polar surface area (TPSA) is 61.8 Å². The molecule has 0 spiro atoms. The average Bonchev–Trinajstić information content (AvgIpc) is 3.32. The third-order valence-electron chi connectivity index (χ3n) is 12.5. The first-order chi connectivity index (χ1) is 32.6. The van der Waals surface area contributed by atoms with Gasteiger partial charge in [-0.15, -0.1) is 0 Å². The van der Waals surface area contributed by atoms with Gasteiger partial charge in [-0.2, -0.15) is 0 Å². The fraction of sp³-hybridized carbons (Fsp3) is 0.803. The summed E-state index contributed by atoms with van der Waals surface area (Å²) >= 11 is 0. The van der Waals surface area contributed by atoms with Gasteiger partial charge in [0.2, 0.25) is 0 Å². The monoisotopic (exact) mass is 923 g/mol. The Labute approximate surface area is 411 Å². The Morgan fingerprint density at radius 2 is 0.636 bits per heavy atom. The molecule has 0 radical (unpaired) electrons. The lowest BCUT2D eigenvalue weighted by atomic mass is 10.1. The molecule has 0 heterocycles. The molecule has 0 bridgehead atoms. The lowest BCUT2D eigenvalue weighted by Crippen LogP contribution is -2.30. The van der Waals surface area contributed by atoms with Gasteiger partial charge in [0.05, 0.1) is 6.61 Å². The van der Waals surface area contributed by atoms with Crippen LogP contribution in [0.1, 0.15) is 290 Å². The maximum Gasteiger partial charge on any atom is 0.306 e. The average molecular weight is 924 g/mol. The van der Waals surface area contributed by atoms with E-state index in [-0.39, 0.29) is 25.2 Å². The lowest BCUT2D eigenvalue weighted by molar-refractivity contribution is -0.163. The van der Waals surface area contributed by atoms with E-state index in [1.165, 1.54) is 193 Å². The normalized spacial score (nSPS) is 12.6. The molecule has 384 valence electrons. The summed E-state index contributed by atoms with van der Waals surface area (Å²) in [6.45, 7) is 7.78. The minimum absolute atomic E-state index is 0.0762. The molecule has 0 aliphatic heterocycles. The second-order valence-electron chi connectivity index (χ2n) is 19.2. The minimum atomic E-state index is -0.548. The van der Waals surface area contributed by atoms with Gasteiger partial charge in [0.1, 0.15) is 6.61 Å². The van der Waals surface area contributed by atoms with Crippen molar-refractivity contribution >= 4 is 11.9 Å². The SMILES string of the molecule is CCCCC/C=C\C/C=C\C/C=C\CCCCCCCCCOCC(COC(=O)CCCCCCCCC/C=C\CCCCCCCC)OC(=O)CCCCCCC/C=C\CCCCCC. The molecule has 0 saturated heterocycles. The zero-order chi connectivity index (χ0) is 47.7. The summed E-state index contributed by atoms with van der Waals surface area (Å²) in [5.74, 6) is -0.408. The zero-order valence-electron chi connectivity index (χ0n) is 44.2. The van der Waals surface area contributed by atoms with Crippen molar-refractivity contribution in [2.75, 3.05) is 19.8 Å². The molecule has 5 heteroatoms. The third-order valence-corrected chi connectivity index (χ3v) is 12.5. The first-order valence-corrected chi connectivity index (χ1v) is 28.8. The smallest absolute Gasteiger partial charge is 0.306 e. The Morgan fingerprint density at radius 3 is 1.08 bits per heavy atom. The number of rotatable bonds is 53. The van der Waals surface area contributed by atoms with Crippen LogP contribution < -0.4 is 0 Å². The molecule has 1 atom stereocenters. The van der Waals surface area contributed by atoms with E-state index >= 15 is 0 Å². The number of carbonyl (C=O) groups excluding carboxylic acids is 2. The van der Waals surface area contributed by atoms with E-state index < -0.39 is 6.10 Å². The first kappa shape index (κ1) is 63.6.